The number of hydrogen-bond donors (Lipinski definition) is 1. The van der Waals surface area contributed by atoms with Crippen LogP contribution in [0.2, 0.25) is 0 Å². The Kier molecular flexibility index (Phi) is 3.73. The fourth-order valence-corrected chi connectivity index (χ4v) is 2.94. The van der Waals surface area contributed by atoms with Crippen molar-refractivity contribution in [2.75, 3.05) is 26.8 Å². The van der Waals surface area contributed by atoms with Gasteiger partial charge in [0, 0.05) is 23.1 Å². The summed E-state index contributed by atoms with van der Waals surface area (Å²) in [5, 5.41) is 5.76. The maximum absolute atomic E-state index is 5.89. The summed E-state index contributed by atoms with van der Waals surface area (Å²) in [6, 6.07) is 10.4. The van der Waals surface area contributed by atoms with E-state index in [1.54, 1.807) is 7.11 Å². The molecule has 3 nitrogen and oxygen atoms in total. The Morgan fingerprint density at radius 2 is 2.21 bits per heavy atom. The molecule has 1 heterocycles. The van der Waals surface area contributed by atoms with E-state index >= 15 is 0 Å². The van der Waals surface area contributed by atoms with E-state index in [4.69, 9.17) is 9.47 Å². The predicted octanol–water partition coefficient (Wildman–Crippen LogP) is 3.27. The second-order valence-corrected chi connectivity index (χ2v) is 5.53. The van der Waals surface area contributed by atoms with Crippen LogP contribution >= 0.6 is 15.9 Å². The molecule has 1 aliphatic rings. The number of methoxy groups -OCH3 is 1. The smallest absolute Gasteiger partial charge is 0.125 e. The molecular weight excluding hydrogens is 306 g/mol. The molecule has 0 spiro atoms. The molecule has 1 fully saturated rings. The number of fused-ring (bicyclic) bond motifs is 1. The summed E-state index contributed by atoms with van der Waals surface area (Å²) >= 11 is 3.51. The van der Waals surface area contributed by atoms with Crippen LogP contribution in [0, 0.1) is 0 Å². The second-order valence-electron chi connectivity index (χ2n) is 4.61. The molecule has 1 N–H and O–H groups in total. The highest BCUT2D eigenvalue weighted by Crippen LogP contribution is 2.36. The average Bonchev–Trinajstić information content (AvgIpc) is 2.46. The molecule has 100 valence electrons. The second kappa shape index (κ2) is 5.49. The van der Waals surface area contributed by atoms with Crippen LogP contribution < -0.4 is 10.1 Å². The Morgan fingerprint density at radius 3 is 2.95 bits per heavy atom. The van der Waals surface area contributed by atoms with Crippen molar-refractivity contribution in [3.8, 4) is 5.75 Å². The lowest BCUT2D eigenvalue weighted by molar-refractivity contribution is 0.0272. The fourth-order valence-electron chi connectivity index (χ4n) is 2.57. The molecular formula is C15H16BrNO2. The van der Waals surface area contributed by atoms with Gasteiger partial charge in [-0.25, -0.2) is 0 Å². The molecule has 1 aliphatic heterocycles. The third-order valence-corrected chi connectivity index (χ3v) is 3.95. The van der Waals surface area contributed by atoms with E-state index in [2.05, 4.69) is 45.5 Å². The Balaban J connectivity index is 2.17. The van der Waals surface area contributed by atoms with E-state index in [0.717, 1.165) is 35.5 Å². The Hall–Kier alpha value is -1.10. The normalized spacial score (nSPS) is 19.6. The molecule has 0 saturated carbocycles. The molecule has 0 radical (unpaired) electrons. The summed E-state index contributed by atoms with van der Waals surface area (Å²) < 4.78 is 12.5. The Morgan fingerprint density at radius 1 is 1.32 bits per heavy atom. The highest BCUT2D eigenvalue weighted by Gasteiger charge is 2.22. The molecule has 4 heteroatoms. The van der Waals surface area contributed by atoms with Crippen LogP contribution in [-0.4, -0.2) is 26.8 Å². The number of hydrogen-bond acceptors (Lipinski definition) is 3. The van der Waals surface area contributed by atoms with Crippen LogP contribution in [-0.2, 0) is 4.74 Å². The summed E-state index contributed by atoms with van der Waals surface area (Å²) in [7, 11) is 1.71. The van der Waals surface area contributed by atoms with Crippen LogP contribution in [0.25, 0.3) is 10.8 Å². The maximum atomic E-state index is 5.89. The molecule has 1 atom stereocenters. The van der Waals surface area contributed by atoms with Gasteiger partial charge in [0.15, 0.2) is 0 Å². The van der Waals surface area contributed by atoms with Crippen molar-refractivity contribution >= 4 is 26.7 Å². The lowest BCUT2D eigenvalue weighted by atomic mass is 9.98. The Bertz CT molecular complexity index is 594. The van der Waals surface area contributed by atoms with Gasteiger partial charge in [-0.15, -0.1) is 0 Å². The number of morpholine rings is 1. The number of rotatable bonds is 2. The lowest BCUT2D eigenvalue weighted by Gasteiger charge is -2.26. The van der Waals surface area contributed by atoms with Crippen LogP contribution in [0.5, 0.6) is 5.75 Å². The van der Waals surface area contributed by atoms with Gasteiger partial charge in [-0.05, 0) is 29.0 Å². The molecule has 2 aromatic rings. The summed E-state index contributed by atoms with van der Waals surface area (Å²) in [6.07, 6.45) is 0.0496. The van der Waals surface area contributed by atoms with E-state index in [0.29, 0.717) is 0 Å². The molecule has 1 unspecified atom stereocenters. The minimum Gasteiger partial charge on any atom is -0.496 e. The monoisotopic (exact) mass is 321 g/mol. The van der Waals surface area contributed by atoms with Crippen molar-refractivity contribution in [2.45, 2.75) is 6.10 Å². The zero-order chi connectivity index (χ0) is 13.2. The van der Waals surface area contributed by atoms with E-state index in [9.17, 15) is 0 Å². The summed E-state index contributed by atoms with van der Waals surface area (Å²) in [6.45, 7) is 2.47. The van der Waals surface area contributed by atoms with Gasteiger partial charge in [0.25, 0.3) is 0 Å². The molecule has 19 heavy (non-hydrogen) atoms. The first-order valence-corrected chi connectivity index (χ1v) is 7.17. The van der Waals surface area contributed by atoms with Crippen molar-refractivity contribution < 1.29 is 9.47 Å². The highest BCUT2D eigenvalue weighted by molar-refractivity contribution is 9.10. The molecule has 2 aromatic carbocycles. The standard InChI is InChI=1S/C15H16BrNO2/c1-18-13-5-2-10-8-11(16)3-4-12(10)15(13)14-9-17-6-7-19-14/h2-5,8,14,17H,6-7,9H2,1H3. The van der Waals surface area contributed by atoms with Crippen molar-refractivity contribution in [1.29, 1.82) is 0 Å². The summed E-state index contributed by atoms with van der Waals surface area (Å²) in [4.78, 5) is 0. The zero-order valence-corrected chi connectivity index (χ0v) is 12.4. The first-order chi connectivity index (χ1) is 9.29. The molecule has 0 amide bonds. The number of halogens is 1. The van der Waals surface area contributed by atoms with Gasteiger partial charge in [-0.2, -0.15) is 0 Å². The van der Waals surface area contributed by atoms with Crippen molar-refractivity contribution in [2.24, 2.45) is 0 Å². The van der Waals surface area contributed by atoms with Crippen molar-refractivity contribution in [3.63, 3.8) is 0 Å². The molecule has 0 aromatic heterocycles. The van der Waals surface area contributed by atoms with E-state index in [1.165, 1.54) is 10.8 Å². The summed E-state index contributed by atoms with van der Waals surface area (Å²) in [5.74, 6) is 0.892. The zero-order valence-electron chi connectivity index (χ0n) is 10.8. The minimum atomic E-state index is 0.0496. The molecule has 0 bridgehead atoms. The molecule has 0 aliphatic carbocycles. The lowest BCUT2D eigenvalue weighted by Crippen LogP contribution is -2.33. The number of benzene rings is 2. The SMILES string of the molecule is COc1ccc2cc(Br)ccc2c1C1CNCCO1. The van der Waals surface area contributed by atoms with Crippen molar-refractivity contribution in [1.82, 2.24) is 5.32 Å². The van der Waals surface area contributed by atoms with E-state index in [1.807, 2.05) is 6.07 Å². The van der Waals surface area contributed by atoms with Crippen LogP contribution in [0.3, 0.4) is 0 Å². The topological polar surface area (TPSA) is 30.5 Å². The maximum Gasteiger partial charge on any atom is 0.125 e. The third kappa shape index (κ3) is 2.48. The highest BCUT2D eigenvalue weighted by atomic mass is 79.9. The summed E-state index contributed by atoms with van der Waals surface area (Å²) in [5.41, 5.74) is 1.14. The first kappa shape index (κ1) is 12.9. The van der Waals surface area contributed by atoms with Gasteiger partial charge in [0.05, 0.1) is 19.8 Å². The van der Waals surface area contributed by atoms with Gasteiger partial charge in [0.2, 0.25) is 0 Å². The average molecular weight is 322 g/mol. The quantitative estimate of drug-likeness (QED) is 0.920. The Labute approximate surface area is 121 Å². The van der Waals surface area contributed by atoms with Crippen LogP contribution in [0.1, 0.15) is 11.7 Å². The van der Waals surface area contributed by atoms with Gasteiger partial charge in [-0.1, -0.05) is 28.1 Å². The fraction of sp³-hybridized carbons (Fsp3) is 0.333. The van der Waals surface area contributed by atoms with E-state index in [-0.39, 0.29) is 6.10 Å². The predicted molar refractivity (Wildman–Crippen MR) is 79.8 cm³/mol. The van der Waals surface area contributed by atoms with Crippen LogP contribution in [0.15, 0.2) is 34.8 Å². The molecule has 3 rings (SSSR count). The first-order valence-electron chi connectivity index (χ1n) is 6.38. The number of nitrogens with one attached hydrogen (secondary N) is 1. The van der Waals surface area contributed by atoms with E-state index < -0.39 is 0 Å². The molecule has 1 saturated heterocycles. The van der Waals surface area contributed by atoms with Gasteiger partial charge in [-0.3, -0.25) is 0 Å². The third-order valence-electron chi connectivity index (χ3n) is 3.45. The number of ether oxygens (including phenoxy) is 2. The van der Waals surface area contributed by atoms with Gasteiger partial charge >= 0.3 is 0 Å². The van der Waals surface area contributed by atoms with Gasteiger partial charge in [0.1, 0.15) is 5.75 Å². The van der Waals surface area contributed by atoms with Crippen molar-refractivity contribution in [3.05, 3.63) is 40.4 Å². The van der Waals surface area contributed by atoms with Gasteiger partial charge < -0.3 is 14.8 Å². The minimum absolute atomic E-state index is 0.0496. The van der Waals surface area contributed by atoms with Crippen LogP contribution in [0.4, 0.5) is 0 Å². The largest absolute Gasteiger partial charge is 0.496 e.